The van der Waals surface area contributed by atoms with E-state index < -0.39 is 11.5 Å². The Kier molecular flexibility index (Phi) is 3.70. The minimum atomic E-state index is -0.641. The lowest BCUT2D eigenvalue weighted by Crippen LogP contribution is -2.30. The van der Waals surface area contributed by atoms with Crippen LogP contribution in [0.4, 0.5) is 0 Å². The number of pyridine rings is 1. The van der Waals surface area contributed by atoms with Gasteiger partial charge in [-0.3, -0.25) is 9.78 Å². The lowest BCUT2D eigenvalue weighted by Gasteiger charge is -2.13. The van der Waals surface area contributed by atoms with Crippen molar-refractivity contribution in [2.75, 3.05) is 0 Å². The predicted molar refractivity (Wildman–Crippen MR) is 82.6 cm³/mol. The van der Waals surface area contributed by atoms with Crippen LogP contribution in [-0.4, -0.2) is 10.9 Å². The monoisotopic (exact) mass is 294 g/mol. The second-order valence-corrected chi connectivity index (χ2v) is 4.96. The van der Waals surface area contributed by atoms with E-state index >= 15 is 0 Å². The summed E-state index contributed by atoms with van der Waals surface area (Å²) in [5.74, 6) is -0.455. The Labute approximate surface area is 126 Å². The molecule has 0 radical (unpaired) electrons. The maximum atomic E-state index is 12.3. The molecule has 22 heavy (non-hydrogen) atoms. The SMILES string of the molecule is CC(NC(=O)c1cc2ccccc2oc1=O)c1ccncc1. The van der Waals surface area contributed by atoms with Gasteiger partial charge in [-0.15, -0.1) is 0 Å². The van der Waals surface area contributed by atoms with Gasteiger partial charge in [-0.2, -0.15) is 0 Å². The highest BCUT2D eigenvalue weighted by Gasteiger charge is 2.16. The highest BCUT2D eigenvalue weighted by molar-refractivity contribution is 5.96. The summed E-state index contributed by atoms with van der Waals surface area (Å²) in [4.78, 5) is 28.2. The van der Waals surface area contributed by atoms with Gasteiger partial charge in [0, 0.05) is 17.8 Å². The van der Waals surface area contributed by atoms with Gasteiger partial charge in [0.2, 0.25) is 0 Å². The van der Waals surface area contributed by atoms with Gasteiger partial charge in [-0.05, 0) is 36.8 Å². The van der Waals surface area contributed by atoms with Gasteiger partial charge in [-0.1, -0.05) is 18.2 Å². The highest BCUT2D eigenvalue weighted by atomic mass is 16.4. The molecule has 1 N–H and O–H groups in total. The van der Waals surface area contributed by atoms with Crippen LogP contribution in [0.25, 0.3) is 11.0 Å². The molecule has 3 rings (SSSR count). The molecule has 0 saturated carbocycles. The molecule has 0 saturated heterocycles. The molecule has 1 amide bonds. The summed E-state index contributed by atoms with van der Waals surface area (Å²) in [7, 11) is 0. The third kappa shape index (κ3) is 2.74. The van der Waals surface area contributed by atoms with Crippen LogP contribution in [0, 0.1) is 0 Å². The number of hydrogen-bond acceptors (Lipinski definition) is 4. The van der Waals surface area contributed by atoms with Gasteiger partial charge in [0.15, 0.2) is 0 Å². The van der Waals surface area contributed by atoms with Crippen molar-refractivity contribution in [3.8, 4) is 0 Å². The van der Waals surface area contributed by atoms with E-state index in [0.29, 0.717) is 11.0 Å². The Morgan fingerprint density at radius 2 is 1.91 bits per heavy atom. The fourth-order valence-electron chi connectivity index (χ4n) is 2.23. The Bertz CT molecular complexity index is 872. The second-order valence-electron chi connectivity index (χ2n) is 4.96. The Morgan fingerprint density at radius 3 is 2.68 bits per heavy atom. The topological polar surface area (TPSA) is 72.2 Å². The third-order valence-corrected chi connectivity index (χ3v) is 3.44. The van der Waals surface area contributed by atoms with Crippen molar-refractivity contribution in [2.45, 2.75) is 13.0 Å². The normalized spacial score (nSPS) is 12.0. The number of amides is 1. The van der Waals surface area contributed by atoms with Gasteiger partial charge in [0.05, 0.1) is 6.04 Å². The van der Waals surface area contributed by atoms with Crippen molar-refractivity contribution in [2.24, 2.45) is 0 Å². The van der Waals surface area contributed by atoms with Crippen LogP contribution < -0.4 is 10.9 Å². The lowest BCUT2D eigenvalue weighted by molar-refractivity contribution is 0.0936. The van der Waals surface area contributed by atoms with Gasteiger partial charge in [0.1, 0.15) is 11.1 Å². The zero-order valence-corrected chi connectivity index (χ0v) is 11.9. The van der Waals surface area contributed by atoms with E-state index in [-0.39, 0.29) is 11.6 Å². The van der Waals surface area contributed by atoms with E-state index in [1.165, 1.54) is 0 Å². The second kappa shape index (κ2) is 5.81. The molecule has 2 heterocycles. The third-order valence-electron chi connectivity index (χ3n) is 3.44. The van der Waals surface area contributed by atoms with E-state index in [4.69, 9.17) is 4.42 Å². The Hall–Kier alpha value is -2.95. The van der Waals surface area contributed by atoms with E-state index in [1.54, 1.807) is 36.7 Å². The number of para-hydroxylation sites is 1. The zero-order chi connectivity index (χ0) is 15.5. The molecule has 0 bridgehead atoms. The van der Waals surface area contributed by atoms with Crippen LogP contribution in [0.5, 0.6) is 0 Å². The highest BCUT2D eigenvalue weighted by Crippen LogP contribution is 2.14. The van der Waals surface area contributed by atoms with Crippen LogP contribution in [-0.2, 0) is 0 Å². The number of carbonyl (C=O) groups is 1. The van der Waals surface area contributed by atoms with Crippen LogP contribution in [0.3, 0.4) is 0 Å². The summed E-state index contributed by atoms with van der Waals surface area (Å²) in [5.41, 5.74) is 0.734. The first-order valence-corrected chi connectivity index (χ1v) is 6.89. The van der Waals surface area contributed by atoms with Gasteiger partial charge < -0.3 is 9.73 Å². The molecule has 110 valence electrons. The number of nitrogens with zero attached hydrogens (tertiary/aromatic N) is 1. The molecule has 0 spiro atoms. The molecule has 5 nitrogen and oxygen atoms in total. The molecule has 1 atom stereocenters. The maximum Gasteiger partial charge on any atom is 0.349 e. The maximum absolute atomic E-state index is 12.3. The molecule has 0 aliphatic heterocycles. The summed E-state index contributed by atoms with van der Waals surface area (Å²) >= 11 is 0. The summed E-state index contributed by atoms with van der Waals surface area (Å²) < 4.78 is 5.17. The molecule has 0 aliphatic rings. The molecule has 0 fully saturated rings. The van der Waals surface area contributed by atoms with E-state index in [1.807, 2.05) is 25.1 Å². The van der Waals surface area contributed by atoms with Crippen molar-refractivity contribution >= 4 is 16.9 Å². The van der Waals surface area contributed by atoms with E-state index in [0.717, 1.165) is 5.56 Å². The van der Waals surface area contributed by atoms with Crippen molar-refractivity contribution < 1.29 is 9.21 Å². The van der Waals surface area contributed by atoms with E-state index in [2.05, 4.69) is 10.3 Å². The lowest BCUT2D eigenvalue weighted by atomic mass is 10.1. The molecule has 1 unspecified atom stereocenters. The first kappa shape index (κ1) is 14.0. The predicted octanol–water partition coefficient (Wildman–Crippen LogP) is 2.68. The standard InChI is InChI=1S/C17H14N2O3/c1-11(12-6-8-18-9-7-12)19-16(20)14-10-13-4-2-3-5-15(13)22-17(14)21/h2-11H,1H3,(H,19,20). The molecule has 3 aromatic rings. The van der Waals surface area contributed by atoms with Crippen molar-refractivity contribution in [1.29, 1.82) is 0 Å². The smallest absolute Gasteiger partial charge is 0.349 e. The number of nitrogens with one attached hydrogen (secondary N) is 1. The molecule has 1 aromatic carbocycles. The minimum absolute atomic E-state index is 0.000365. The number of rotatable bonds is 3. The van der Waals surface area contributed by atoms with Crippen LogP contribution in [0.2, 0.25) is 0 Å². The van der Waals surface area contributed by atoms with Crippen LogP contribution in [0.15, 0.2) is 64.1 Å². The number of benzene rings is 1. The molecular weight excluding hydrogens is 280 g/mol. The van der Waals surface area contributed by atoms with Crippen LogP contribution >= 0.6 is 0 Å². The van der Waals surface area contributed by atoms with Crippen LogP contribution in [0.1, 0.15) is 28.9 Å². The first-order valence-electron chi connectivity index (χ1n) is 6.89. The largest absolute Gasteiger partial charge is 0.422 e. The first-order chi connectivity index (χ1) is 10.6. The molecule has 2 aromatic heterocycles. The van der Waals surface area contributed by atoms with Gasteiger partial charge >= 0.3 is 5.63 Å². The fourth-order valence-corrected chi connectivity index (χ4v) is 2.23. The summed E-state index contributed by atoms with van der Waals surface area (Å²) in [6, 6.07) is 12.0. The van der Waals surface area contributed by atoms with Crippen molar-refractivity contribution in [3.63, 3.8) is 0 Å². The Balaban J connectivity index is 1.89. The Morgan fingerprint density at radius 1 is 1.18 bits per heavy atom. The molecule has 5 heteroatoms. The van der Waals surface area contributed by atoms with Crippen molar-refractivity contribution in [1.82, 2.24) is 10.3 Å². The number of fused-ring (bicyclic) bond motifs is 1. The fraction of sp³-hybridized carbons (Fsp3) is 0.118. The summed E-state index contributed by atoms with van der Waals surface area (Å²) in [6.45, 7) is 1.84. The minimum Gasteiger partial charge on any atom is -0.422 e. The molecule has 0 aliphatic carbocycles. The average molecular weight is 294 g/mol. The van der Waals surface area contributed by atoms with Gasteiger partial charge in [-0.25, -0.2) is 4.79 Å². The molecular formula is C17H14N2O3. The van der Waals surface area contributed by atoms with Gasteiger partial charge in [0.25, 0.3) is 5.91 Å². The number of hydrogen-bond donors (Lipinski definition) is 1. The number of aromatic nitrogens is 1. The quantitative estimate of drug-likeness (QED) is 0.754. The average Bonchev–Trinajstić information content (AvgIpc) is 2.54. The summed E-state index contributed by atoms with van der Waals surface area (Å²) in [6.07, 6.45) is 3.31. The van der Waals surface area contributed by atoms with Crippen molar-refractivity contribution in [3.05, 3.63) is 76.4 Å². The summed E-state index contributed by atoms with van der Waals surface area (Å²) in [5, 5.41) is 3.50. The number of carbonyl (C=O) groups excluding carboxylic acids is 1. The van der Waals surface area contributed by atoms with E-state index in [9.17, 15) is 9.59 Å². The zero-order valence-electron chi connectivity index (χ0n) is 11.9.